The van der Waals surface area contributed by atoms with Crippen molar-refractivity contribution in [3.63, 3.8) is 0 Å². The first-order valence-corrected chi connectivity index (χ1v) is 8.56. The average Bonchev–Trinajstić information content (AvgIpc) is 2.93. The molecule has 1 N–H and O–H groups in total. The second kappa shape index (κ2) is 9.19. The van der Waals surface area contributed by atoms with Crippen LogP contribution in [0.4, 0.5) is 5.13 Å². The SMILES string of the molecule is COCCOCC(=O)Nc1ncc(CN2CCCCC2C)s1. The maximum absolute atomic E-state index is 11.7. The highest BCUT2D eigenvalue weighted by Gasteiger charge is 2.19. The van der Waals surface area contributed by atoms with Gasteiger partial charge in [-0.05, 0) is 26.3 Å². The summed E-state index contributed by atoms with van der Waals surface area (Å²) in [5.74, 6) is -0.177. The number of nitrogens with zero attached hydrogens (tertiary/aromatic N) is 2. The molecule has 0 spiro atoms. The Morgan fingerprint density at radius 2 is 2.36 bits per heavy atom. The van der Waals surface area contributed by atoms with Gasteiger partial charge in [-0.25, -0.2) is 4.98 Å². The number of hydrogen-bond donors (Lipinski definition) is 1. The number of rotatable bonds is 8. The summed E-state index contributed by atoms with van der Waals surface area (Å²) in [4.78, 5) is 19.6. The van der Waals surface area contributed by atoms with E-state index in [0.717, 1.165) is 13.1 Å². The Bertz CT molecular complexity index is 467. The van der Waals surface area contributed by atoms with E-state index in [0.29, 0.717) is 24.4 Å². The summed E-state index contributed by atoms with van der Waals surface area (Å²) in [5, 5.41) is 3.41. The Morgan fingerprint density at radius 3 is 3.14 bits per heavy atom. The fraction of sp³-hybridized carbons (Fsp3) is 0.733. The fourth-order valence-corrected chi connectivity index (χ4v) is 3.35. The molecule has 1 aromatic heterocycles. The lowest BCUT2D eigenvalue weighted by molar-refractivity contribution is -0.121. The summed E-state index contributed by atoms with van der Waals surface area (Å²) in [5.41, 5.74) is 0. The Kier molecular flexibility index (Phi) is 7.24. The number of thiazole rings is 1. The molecule has 1 atom stereocenters. The van der Waals surface area contributed by atoms with Crippen molar-refractivity contribution >= 4 is 22.4 Å². The number of carbonyl (C=O) groups is 1. The number of anilines is 1. The van der Waals surface area contributed by atoms with E-state index in [1.807, 2.05) is 6.20 Å². The lowest BCUT2D eigenvalue weighted by Gasteiger charge is -2.32. The number of piperidine rings is 1. The highest BCUT2D eigenvalue weighted by molar-refractivity contribution is 7.15. The van der Waals surface area contributed by atoms with Gasteiger partial charge in [0.15, 0.2) is 5.13 Å². The first kappa shape index (κ1) is 17.3. The van der Waals surface area contributed by atoms with Crippen LogP contribution >= 0.6 is 11.3 Å². The number of nitrogens with one attached hydrogen (secondary N) is 1. The van der Waals surface area contributed by atoms with Crippen LogP contribution in [0.5, 0.6) is 0 Å². The largest absolute Gasteiger partial charge is 0.382 e. The van der Waals surface area contributed by atoms with E-state index >= 15 is 0 Å². The Balaban J connectivity index is 1.74. The molecular formula is C15H25N3O3S. The first-order valence-electron chi connectivity index (χ1n) is 7.74. The number of aromatic nitrogens is 1. The minimum Gasteiger partial charge on any atom is -0.382 e. The van der Waals surface area contributed by atoms with Crippen molar-refractivity contribution in [2.24, 2.45) is 0 Å². The van der Waals surface area contributed by atoms with Crippen molar-refractivity contribution in [1.82, 2.24) is 9.88 Å². The van der Waals surface area contributed by atoms with Gasteiger partial charge >= 0.3 is 0 Å². The summed E-state index contributed by atoms with van der Waals surface area (Å²) in [7, 11) is 1.60. The number of likely N-dealkylation sites (tertiary alicyclic amines) is 1. The Morgan fingerprint density at radius 1 is 1.50 bits per heavy atom. The number of methoxy groups -OCH3 is 1. The van der Waals surface area contributed by atoms with Crippen molar-refractivity contribution in [2.75, 3.05) is 38.8 Å². The van der Waals surface area contributed by atoms with Crippen molar-refractivity contribution in [3.05, 3.63) is 11.1 Å². The molecule has 1 fully saturated rings. The van der Waals surface area contributed by atoms with Gasteiger partial charge in [-0.2, -0.15) is 0 Å². The van der Waals surface area contributed by atoms with Crippen LogP contribution in [0.25, 0.3) is 0 Å². The molecule has 1 aliphatic heterocycles. The predicted molar refractivity (Wildman–Crippen MR) is 87.2 cm³/mol. The third-order valence-corrected chi connectivity index (χ3v) is 4.66. The van der Waals surface area contributed by atoms with Crippen molar-refractivity contribution < 1.29 is 14.3 Å². The molecule has 0 saturated carbocycles. The van der Waals surface area contributed by atoms with Gasteiger partial charge in [-0.15, -0.1) is 11.3 Å². The molecule has 0 aromatic carbocycles. The van der Waals surface area contributed by atoms with Crippen LogP contribution in [0.2, 0.25) is 0 Å². The molecule has 6 nitrogen and oxygen atoms in total. The van der Waals surface area contributed by atoms with Crippen LogP contribution in [0.3, 0.4) is 0 Å². The number of ether oxygens (including phenoxy) is 2. The van der Waals surface area contributed by atoms with E-state index < -0.39 is 0 Å². The lowest BCUT2D eigenvalue weighted by Crippen LogP contribution is -2.36. The van der Waals surface area contributed by atoms with Gasteiger partial charge in [-0.3, -0.25) is 15.0 Å². The molecular weight excluding hydrogens is 302 g/mol. The van der Waals surface area contributed by atoms with Gasteiger partial charge in [0.05, 0.1) is 13.2 Å². The predicted octanol–water partition coefficient (Wildman–Crippen LogP) is 2.12. The Labute approximate surface area is 135 Å². The van der Waals surface area contributed by atoms with Crippen LogP contribution in [0.15, 0.2) is 6.20 Å². The minimum absolute atomic E-state index is 0.0292. The summed E-state index contributed by atoms with van der Waals surface area (Å²) in [6, 6.07) is 0.628. The lowest BCUT2D eigenvalue weighted by atomic mass is 10.0. The highest BCUT2D eigenvalue weighted by atomic mass is 32.1. The van der Waals surface area contributed by atoms with E-state index in [9.17, 15) is 4.79 Å². The van der Waals surface area contributed by atoms with E-state index in [-0.39, 0.29) is 12.5 Å². The molecule has 0 radical (unpaired) electrons. The second-order valence-corrected chi connectivity index (χ2v) is 6.66. The third kappa shape index (κ3) is 5.64. The smallest absolute Gasteiger partial charge is 0.252 e. The van der Waals surface area contributed by atoms with E-state index in [4.69, 9.17) is 9.47 Å². The molecule has 1 unspecified atom stereocenters. The third-order valence-electron chi connectivity index (χ3n) is 3.76. The molecule has 1 aliphatic rings. The van der Waals surface area contributed by atoms with Crippen molar-refractivity contribution in [1.29, 1.82) is 0 Å². The summed E-state index contributed by atoms with van der Waals surface area (Å²) >= 11 is 1.54. The zero-order valence-corrected chi connectivity index (χ0v) is 14.2. The molecule has 124 valence electrons. The van der Waals surface area contributed by atoms with E-state index in [2.05, 4.69) is 22.1 Å². The molecule has 22 heavy (non-hydrogen) atoms. The minimum atomic E-state index is -0.177. The van der Waals surface area contributed by atoms with Crippen LogP contribution in [0.1, 0.15) is 31.1 Å². The van der Waals surface area contributed by atoms with Crippen LogP contribution in [-0.4, -0.2) is 55.3 Å². The standard InChI is InChI=1S/C15H25N3O3S/c1-12-5-3-4-6-18(12)10-13-9-16-15(22-13)17-14(19)11-21-8-7-20-2/h9,12H,3-8,10-11H2,1-2H3,(H,16,17,19). The van der Waals surface area contributed by atoms with Crippen LogP contribution in [0, 0.1) is 0 Å². The monoisotopic (exact) mass is 327 g/mol. The molecule has 1 saturated heterocycles. The quantitative estimate of drug-likeness (QED) is 0.741. The van der Waals surface area contributed by atoms with Crippen LogP contribution < -0.4 is 5.32 Å². The molecule has 7 heteroatoms. The molecule has 0 aliphatic carbocycles. The number of hydrogen-bond acceptors (Lipinski definition) is 6. The van der Waals surface area contributed by atoms with Gasteiger partial charge in [0.1, 0.15) is 6.61 Å². The Hall–Kier alpha value is -1.02. The first-order chi connectivity index (χ1) is 10.7. The zero-order chi connectivity index (χ0) is 15.8. The average molecular weight is 327 g/mol. The molecule has 1 aromatic rings. The summed E-state index contributed by atoms with van der Waals surface area (Å²) in [6.45, 7) is 5.28. The molecule has 2 rings (SSSR count). The number of carbonyl (C=O) groups excluding carboxylic acids is 1. The van der Waals surface area contributed by atoms with Gasteiger partial charge in [0, 0.05) is 30.8 Å². The molecule has 0 bridgehead atoms. The molecule has 2 heterocycles. The number of amides is 1. The zero-order valence-electron chi connectivity index (χ0n) is 13.3. The second-order valence-electron chi connectivity index (χ2n) is 5.54. The molecule has 1 amide bonds. The van der Waals surface area contributed by atoms with Crippen LogP contribution in [-0.2, 0) is 20.8 Å². The van der Waals surface area contributed by atoms with E-state index in [1.165, 1.54) is 35.5 Å². The van der Waals surface area contributed by atoms with Gasteiger partial charge < -0.3 is 9.47 Å². The fourth-order valence-electron chi connectivity index (χ4n) is 2.49. The van der Waals surface area contributed by atoms with E-state index in [1.54, 1.807) is 7.11 Å². The summed E-state index contributed by atoms with van der Waals surface area (Å²) in [6.07, 6.45) is 5.71. The van der Waals surface area contributed by atoms with Gasteiger partial charge in [0.2, 0.25) is 0 Å². The van der Waals surface area contributed by atoms with Gasteiger partial charge in [0.25, 0.3) is 5.91 Å². The topological polar surface area (TPSA) is 63.7 Å². The highest BCUT2D eigenvalue weighted by Crippen LogP contribution is 2.24. The maximum Gasteiger partial charge on any atom is 0.252 e. The summed E-state index contributed by atoms with van der Waals surface area (Å²) < 4.78 is 10.0. The van der Waals surface area contributed by atoms with Gasteiger partial charge in [-0.1, -0.05) is 6.42 Å². The van der Waals surface area contributed by atoms with Crippen molar-refractivity contribution in [3.8, 4) is 0 Å². The maximum atomic E-state index is 11.7. The normalized spacial score (nSPS) is 19.3. The van der Waals surface area contributed by atoms with Crippen molar-refractivity contribution in [2.45, 2.75) is 38.8 Å².